The van der Waals surface area contributed by atoms with Gasteiger partial charge in [0.2, 0.25) is 0 Å². The smallest absolute Gasteiger partial charge is 0.388 e. The highest BCUT2D eigenvalue weighted by atomic mass is 19.4. The molecule has 2 aliphatic heterocycles. The average Bonchev–Trinajstić information content (AvgIpc) is 3.15. The lowest BCUT2D eigenvalue weighted by Gasteiger charge is -2.42. The second kappa shape index (κ2) is 8.77. The predicted molar refractivity (Wildman–Crippen MR) is 127 cm³/mol. The van der Waals surface area contributed by atoms with E-state index < -0.39 is 46.6 Å². The van der Waals surface area contributed by atoms with Gasteiger partial charge in [-0.2, -0.15) is 18.4 Å². The molecule has 198 valence electrons. The Morgan fingerprint density at radius 3 is 2.41 bits per heavy atom. The number of nitrogens with zero attached hydrogens (tertiary/aromatic N) is 2. The first-order chi connectivity index (χ1) is 17.3. The van der Waals surface area contributed by atoms with Crippen molar-refractivity contribution in [3.05, 3.63) is 63.0 Å². The van der Waals surface area contributed by atoms with E-state index in [1.807, 2.05) is 27.7 Å². The number of fused-ring (bicyclic) bond motifs is 4. The third-order valence-electron chi connectivity index (χ3n) is 8.06. The number of aliphatic hydroxyl groups is 2. The van der Waals surface area contributed by atoms with E-state index in [9.17, 15) is 28.6 Å². The summed E-state index contributed by atoms with van der Waals surface area (Å²) >= 11 is 0. The van der Waals surface area contributed by atoms with Gasteiger partial charge < -0.3 is 19.7 Å². The lowest BCUT2D eigenvalue weighted by molar-refractivity contribution is -0.138. The number of hydrogen-bond donors (Lipinski definition) is 2. The second-order valence-corrected chi connectivity index (χ2v) is 11.4. The topological polar surface area (TPSA) is 95.6 Å². The molecular weight excluding hydrogens is 485 g/mol. The lowest BCUT2D eigenvalue weighted by Crippen LogP contribution is -2.38. The van der Waals surface area contributed by atoms with Crippen molar-refractivity contribution in [2.45, 2.75) is 83.0 Å². The zero-order valence-electron chi connectivity index (χ0n) is 21.3. The van der Waals surface area contributed by atoms with Crippen molar-refractivity contribution in [3.8, 4) is 6.07 Å². The number of ether oxygens (including phenoxy) is 2. The van der Waals surface area contributed by atoms with Crippen LogP contribution < -0.4 is 0 Å². The fourth-order valence-corrected chi connectivity index (χ4v) is 6.19. The van der Waals surface area contributed by atoms with E-state index in [1.54, 1.807) is 6.07 Å². The minimum absolute atomic E-state index is 0.0978. The van der Waals surface area contributed by atoms with E-state index in [4.69, 9.17) is 14.5 Å². The van der Waals surface area contributed by atoms with Crippen LogP contribution in [0.2, 0.25) is 0 Å². The van der Waals surface area contributed by atoms with Crippen molar-refractivity contribution in [1.29, 1.82) is 5.26 Å². The maximum absolute atomic E-state index is 13.5. The first-order valence-electron chi connectivity index (χ1n) is 12.6. The number of rotatable bonds is 2. The molecule has 0 saturated carbocycles. The van der Waals surface area contributed by atoms with Crippen LogP contribution in [0, 0.1) is 16.7 Å². The lowest BCUT2D eigenvalue weighted by atomic mass is 9.68. The molecule has 3 atom stereocenters. The van der Waals surface area contributed by atoms with E-state index >= 15 is 0 Å². The Bertz CT molecular complexity index is 1280. The Morgan fingerprint density at radius 1 is 1.14 bits per heavy atom. The van der Waals surface area contributed by atoms with Gasteiger partial charge in [-0.25, -0.2) is 0 Å². The number of aliphatic hydroxyl groups excluding tert-OH is 2. The maximum Gasteiger partial charge on any atom is 0.417 e. The first kappa shape index (κ1) is 26.1. The normalized spacial score (nSPS) is 26.1. The number of aromatic nitrogens is 1. The van der Waals surface area contributed by atoms with Crippen molar-refractivity contribution < 1.29 is 32.9 Å². The molecule has 1 aromatic heterocycles. The molecule has 2 unspecified atom stereocenters. The van der Waals surface area contributed by atoms with Crippen LogP contribution in [0.4, 0.5) is 13.2 Å². The van der Waals surface area contributed by atoms with Gasteiger partial charge in [0.05, 0.1) is 34.6 Å². The van der Waals surface area contributed by atoms with Crippen LogP contribution in [-0.2, 0) is 21.3 Å². The van der Waals surface area contributed by atoms with Gasteiger partial charge >= 0.3 is 6.18 Å². The van der Waals surface area contributed by atoms with Gasteiger partial charge in [-0.3, -0.25) is 4.98 Å². The van der Waals surface area contributed by atoms with Crippen molar-refractivity contribution in [2.24, 2.45) is 5.41 Å². The van der Waals surface area contributed by atoms with Crippen LogP contribution in [0.5, 0.6) is 0 Å². The highest BCUT2D eigenvalue weighted by Crippen LogP contribution is 2.59. The predicted octanol–water partition coefficient (Wildman–Crippen LogP) is 5.72. The monoisotopic (exact) mass is 516 g/mol. The Kier molecular flexibility index (Phi) is 6.19. The molecule has 0 amide bonds. The van der Waals surface area contributed by atoms with E-state index in [2.05, 4.69) is 0 Å². The molecule has 0 bridgehead atoms. The Labute approximate surface area is 214 Å². The molecule has 1 aliphatic carbocycles. The largest absolute Gasteiger partial charge is 0.417 e. The van der Waals surface area contributed by atoms with Gasteiger partial charge in [-0.1, -0.05) is 33.8 Å². The Balaban J connectivity index is 1.80. The zero-order valence-corrected chi connectivity index (χ0v) is 21.3. The van der Waals surface area contributed by atoms with Gasteiger partial charge in [0, 0.05) is 42.9 Å². The van der Waals surface area contributed by atoms with E-state index in [0.717, 1.165) is 11.6 Å². The summed E-state index contributed by atoms with van der Waals surface area (Å²) in [7, 11) is 0. The number of halogens is 3. The first-order valence-corrected chi connectivity index (χ1v) is 12.6. The molecule has 1 spiro atoms. The molecule has 3 aliphatic rings. The van der Waals surface area contributed by atoms with Crippen LogP contribution in [0.1, 0.15) is 116 Å². The van der Waals surface area contributed by atoms with Crippen LogP contribution in [0.15, 0.2) is 18.2 Å². The van der Waals surface area contributed by atoms with Crippen LogP contribution in [0.25, 0.3) is 0 Å². The maximum atomic E-state index is 13.5. The summed E-state index contributed by atoms with van der Waals surface area (Å²) in [6, 6.07) is 5.21. The van der Waals surface area contributed by atoms with Crippen molar-refractivity contribution >= 4 is 0 Å². The molecule has 9 heteroatoms. The number of hydrogen-bond acceptors (Lipinski definition) is 6. The molecule has 1 fully saturated rings. The molecule has 5 rings (SSSR count). The summed E-state index contributed by atoms with van der Waals surface area (Å²) in [5.74, 6) is -0.0978. The molecule has 0 radical (unpaired) electrons. The molecule has 2 aromatic rings. The molecule has 1 saturated heterocycles. The van der Waals surface area contributed by atoms with E-state index in [0.29, 0.717) is 60.6 Å². The minimum atomic E-state index is -4.66. The number of benzene rings is 1. The second-order valence-electron chi connectivity index (χ2n) is 11.4. The van der Waals surface area contributed by atoms with Gasteiger partial charge in [0.25, 0.3) is 0 Å². The van der Waals surface area contributed by atoms with Gasteiger partial charge in [-0.05, 0) is 41.0 Å². The molecule has 1 aromatic carbocycles. The van der Waals surface area contributed by atoms with Gasteiger partial charge in [0.15, 0.2) is 0 Å². The quantitative estimate of drug-likeness (QED) is 0.530. The molecule has 37 heavy (non-hydrogen) atoms. The standard InChI is InChI=1S/C28H31F3N2O4/c1-14(2)22-20-21(19-18(34)12-26(3,4)25(35)23(19)33-22)27(7-9-36-10-8-27)37-24(20)15-5-6-17(28(29,30)31)16(11-15)13-32/h5-6,11,14,18,24-25,34-35H,7-10,12H2,1-4H3/t18?,24?,25-/m0/s1. The highest BCUT2D eigenvalue weighted by molar-refractivity contribution is 5.56. The molecular formula is C28H31F3N2O4. The van der Waals surface area contributed by atoms with Gasteiger partial charge in [-0.15, -0.1) is 0 Å². The van der Waals surface area contributed by atoms with Crippen molar-refractivity contribution in [1.82, 2.24) is 4.98 Å². The fraction of sp³-hybridized carbons (Fsp3) is 0.571. The number of nitriles is 1. The van der Waals surface area contributed by atoms with Crippen LogP contribution >= 0.6 is 0 Å². The molecule has 2 N–H and O–H groups in total. The third-order valence-corrected chi connectivity index (χ3v) is 8.06. The van der Waals surface area contributed by atoms with Crippen LogP contribution in [0.3, 0.4) is 0 Å². The van der Waals surface area contributed by atoms with Crippen molar-refractivity contribution in [2.75, 3.05) is 13.2 Å². The van der Waals surface area contributed by atoms with E-state index in [1.165, 1.54) is 12.1 Å². The average molecular weight is 517 g/mol. The summed E-state index contributed by atoms with van der Waals surface area (Å²) in [5.41, 5.74) is 0.650. The summed E-state index contributed by atoms with van der Waals surface area (Å²) < 4.78 is 52.9. The molecule has 3 heterocycles. The Morgan fingerprint density at radius 2 is 1.81 bits per heavy atom. The summed E-state index contributed by atoms with van der Waals surface area (Å²) in [6.45, 7) is 8.55. The third kappa shape index (κ3) is 4.06. The summed E-state index contributed by atoms with van der Waals surface area (Å²) in [4.78, 5) is 4.90. The number of alkyl halides is 3. The SMILES string of the molecule is CC(C)c1nc2c(c3c1C(c1ccc(C(F)(F)F)c(C#N)c1)OC31CCOCC1)C(O)CC(C)(C)[C@H]2O. The van der Waals surface area contributed by atoms with E-state index in [-0.39, 0.29) is 5.92 Å². The van der Waals surface area contributed by atoms with Crippen molar-refractivity contribution in [3.63, 3.8) is 0 Å². The van der Waals surface area contributed by atoms with Gasteiger partial charge in [0.1, 0.15) is 12.2 Å². The summed E-state index contributed by atoms with van der Waals surface area (Å²) in [5, 5.41) is 32.2. The fourth-order valence-electron chi connectivity index (χ4n) is 6.19. The Hall–Kier alpha value is -2.51. The van der Waals surface area contributed by atoms with Crippen LogP contribution in [-0.4, -0.2) is 28.4 Å². The number of pyridine rings is 1. The minimum Gasteiger partial charge on any atom is -0.388 e. The zero-order chi connectivity index (χ0) is 26.9. The summed E-state index contributed by atoms with van der Waals surface area (Å²) in [6.07, 6.45) is -5.92. The highest BCUT2D eigenvalue weighted by Gasteiger charge is 2.54. The molecule has 6 nitrogen and oxygen atoms in total.